The van der Waals surface area contributed by atoms with Gasteiger partial charge in [0.2, 0.25) is 15.9 Å². The number of carbonyl (C=O) groups excluding carboxylic acids is 1. The fourth-order valence-corrected chi connectivity index (χ4v) is 4.50. The second-order valence-electron chi connectivity index (χ2n) is 6.82. The molecule has 2 N–H and O–H groups in total. The Kier molecular flexibility index (Phi) is 6.68. The molecule has 0 fully saturated rings. The molecule has 9 nitrogen and oxygen atoms in total. The van der Waals surface area contributed by atoms with Gasteiger partial charge in [-0.05, 0) is 31.2 Å². The Morgan fingerprint density at radius 3 is 2.52 bits per heavy atom. The van der Waals surface area contributed by atoms with E-state index in [9.17, 15) is 13.2 Å². The molecule has 0 radical (unpaired) electrons. The van der Waals surface area contributed by atoms with Crippen molar-refractivity contribution in [1.29, 1.82) is 0 Å². The molecule has 0 spiro atoms. The van der Waals surface area contributed by atoms with Crippen LogP contribution in [0.15, 0.2) is 58.6 Å². The number of thioether (sulfide) groups is 1. The maximum absolute atomic E-state index is 12.6. The maximum Gasteiger partial charge on any atom is 0.242 e. The molecule has 1 amide bonds. The first-order chi connectivity index (χ1) is 14.6. The molecule has 0 bridgehead atoms. The molecule has 2 aromatic carbocycles. The summed E-state index contributed by atoms with van der Waals surface area (Å²) in [5.74, 6) is 0.564. The van der Waals surface area contributed by atoms with Crippen molar-refractivity contribution in [2.75, 3.05) is 21.2 Å². The lowest BCUT2D eigenvalue weighted by atomic mass is 10.2. The molecule has 31 heavy (non-hydrogen) atoms. The van der Waals surface area contributed by atoms with E-state index in [-0.39, 0.29) is 4.90 Å². The highest BCUT2D eigenvalue weighted by Gasteiger charge is 2.23. The number of hydrogen-bond donors (Lipinski definition) is 1. The first-order valence-corrected chi connectivity index (χ1v) is 11.6. The molecule has 3 aromatic rings. The Bertz CT molecular complexity index is 1210. The number of amides is 1. The molecule has 0 saturated heterocycles. The summed E-state index contributed by atoms with van der Waals surface area (Å²) < 4.78 is 33.4. The Morgan fingerprint density at radius 1 is 1.16 bits per heavy atom. The third-order valence-corrected chi connectivity index (χ3v) is 7.37. The van der Waals surface area contributed by atoms with Crippen molar-refractivity contribution in [3.63, 3.8) is 0 Å². The van der Waals surface area contributed by atoms with Crippen LogP contribution in [0.1, 0.15) is 6.92 Å². The minimum atomic E-state index is -3.63. The molecule has 0 saturated carbocycles. The molecular formula is C20H23N5O4S2. The number of nitrogens with two attached hydrogens (primary N) is 1. The summed E-state index contributed by atoms with van der Waals surface area (Å²) in [6, 6.07) is 13.7. The summed E-state index contributed by atoms with van der Waals surface area (Å²) in [6.07, 6.45) is 0. The molecule has 3 rings (SSSR count). The van der Waals surface area contributed by atoms with Crippen LogP contribution in [-0.2, 0) is 14.8 Å². The van der Waals surface area contributed by atoms with E-state index in [1.54, 1.807) is 48.9 Å². The Morgan fingerprint density at radius 2 is 1.87 bits per heavy atom. The fraction of sp³-hybridized carbons (Fsp3) is 0.250. The molecular weight excluding hydrogens is 438 g/mol. The van der Waals surface area contributed by atoms with Crippen molar-refractivity contribution in [2.24, 2.45) is 5.73 Å². The van der Waals surface area contributed by atoms with Crippen LogP contribution >= 0.6 is 11.8 Å². The van der Waals surface area contributed by atoms with Gasteiger partial charge in [-0.15, -0.1) is 10.2 Å². The van der Waals surface area contributed by atoms with Gasteiger partial charge in [0.15, 0.2) is 11.0 Å². The number of carbonyl (C=O) groups is 1. The normalized spacial score (nSPS) is 12.7. The van der Waals surface area contributed by atoms with E-state index in [0.717, 1.165) is 16.1 Å². The topological polar surface area (TPSA) is 120 Å². The minimum Gasteiger partial charge on any atom is -0.497 e. The van der Waals surface area contributed by atoms with Crippen molar-refractivity contribution < 1.29 is 17.9 Å². The first-order valence-electron chi connectivity index (χ1n) is 9.24. The van der Waals surface area contributed by atoms with Crippen LogP contribution in [-0.4, -0.2) is 59.8 Å². The number of methoxy groups -OCH3 is 1. The largest absolute Gasteiger partial charge is 0.497 e. The number of benzene rings is 2. The van der Waals surface area contributed by atoms with Crippen molar-refractivity contribution in [1.82, 2.24) is 19.1 Å². The molecule has 164 valence electrons. The summed E-state index contributed by atoms with van der Waals surface area (Å²) in [7, 11) is 0.878. The van der Waals surface area contributed by atoms with Crippen LogP contribution in [0.4, 0.5) is 0 Å². The monoisotopic (exact) mass is 461 g/mol. The van der Waals surface area contributed by atoms with Crippen LogP contribution in [0.25, 0.3) is 17.1 Å². The Balaban J connectivity index is 2.19. The number of nitrogens with zero attached hydrogens (tertiary/aromatic N) is 4. The smallest absolute Gasteiger partial charge is 0.242 e. The lowest BCUT2D eigenvalue weighted by Gasteiger charge is -2.14. The van der Waals surface area contributed by atoms with Gasteiger partial charge in [0.25, 0.3) is 0 Å². The highest BCUT2D eigenvalue weighted by Crippen LogP contribution is 2.32. The second kappa shape index (κ2) is 9.08. The number of primary amides is 1. The van der Waals surface area contributed by atoms with Crippen LogP contribution < -0.4 is 10.5 Å². The number of aromatic nitrogens is 3. The van der Waals surface area contributed by atoms with Crippen LogP contribution in [0.5, 0.6) is 5.75 Å². The van der Waals surface area contributed by atoms with Crippen molar-refractivity contribution in [3.05, 3.63) is 48.5 Å². The molecule has 0 unspecified atom stereocenters. The van der Waals surface area contributed by atoms with Crippen LogP contribution in [0.3, 0.4) is 0 Å². The quantitative estimate of drug-likeness (QED) is 0.510. The molecule has 11 heteroatoms. The van der Waals surface area contributed by atoms with Gasteiger partial charge >= 0.3 is 0 Å². The van der Waals surface area contributed by atoms with Gasteiger partial charge in [-0.25, -0.2) is 12.7 Å². The zero-order valence-corrected chi connectivity index (χ0v) is 19.1. The van der Waals surface area contributed by atoms with Gasteiger partial charge in [-0.3, -0.25) is 9.36 Å². The van der Waals surface area contributed by atoms with E-state index in [4.69, 9.17) is 10.5 Å². The number of rotatable bonds is 8. The standard InChI is InChI=1S/C20H23N5O4S2/c1-13(18(21)26)30-20-23-22-19(25(20)15-8-6-9-16(12-15)29-4)14-7-5-10-17(11-14)31(27,28)24(2)3/h5-13H,1-4H3,(H2,21,26)/t13-/m0/s1. The van der Waals surface area contributed by atoms with Crippen molar-refractivity contribution >= 4 is 27.7 Å². The predicted octanol–water partition coefficient (Wildman–Crippen LogP) is 2.16. The number of sulfonamides is 1. The second-order valence-corrected chi connectivity index (χ2v) is 10.3. The fourth-order valence-electron chi connectivity index (χ4n) is 2.74. The molecule has 1 atom stereocenters. The van der Waals surface area contributed by atoms with Crippen molar-refractivity contribution in [2.45, 2.75) is 22.2 Å². The van der Waals surface area contributed by atoms with Gasteiger partial charge in [-0.1, -0.05) is 30.0 Å². The van der Waals surface area contributed by atoms with Gasteiger partial charge in [0.1, 0.15) is 5.75 Å². The van der Waals surface area contributed by atoms with Crippen LogP contribution in [0.2, 0.25) is 0 Å². The zero-order valence-electron chi connectivity index (χ0n) is 17.5. The van der Waals surface area contributed by atoms with Crippen LogP contribution in [0, 0.1) is 0 Å². The summed E-state index contributed by atoms with van der Waals surface area (Å²) in [6.45, 7) is 1.68. The lowest BCUT2D eigenvalue weighted by molar-refractivity contribution is -0.117. The lowest BCUT2D eigenvalue weighted by Crippen LogP contribution is -2.23. The van der Waals surface area contributed by atoms with E-state index in [2.05, 4.69) is 10.2 Å². The highest BCUT2D eigenvalue weighted by molar-refractivity contribution is 8.00. The van der Waals surface area contributed by atoms with Gasteiger partial charge in [0, 0.05) is 25.7 Å². The van der Waals surface area contributed by atoms with Crippen molar-refractivity contribution in [3.8, 4) is 22.8 Å². The average molecular weight is 462 g/mol. The molecule has 0 aliphatic rings. The molecule has 1 aromatic heterocycles. The highest BCUT2D eigenvalue weighted by atomic mass is 32.2. The van der Waals surface area contributed by atoms with Gasteiger partial charge < -0.3 is 10.5 Å². The Hall–Kier alpha value is -2.89. The summed E-state index contributed by atoms with van der Waals surface area (Å²) in [5.41, 5.74) is 6.67. The van der Waals surface area contributed by atoms with E-state index >= 15 is 0 Å². The Labute approximate surface area is 185 Å². The maximum atomic E-state index is 12.6. The average Bonchev–Trinajstić information content (AvgIpc) is 3.17. The molecule has 1 heterocycles. The van der Waals surface area contributed by atoms with E-state index in [1.165, 1.54) is 20.2 Å². The number of hydrogen-bond acceptors (Lipinski definition) is 7. The van der Waals surface area contributed by atoms with E-state index in [0.29, 0.717) is 28.0 Å². The third-order valence-electron chi connectivity index (χ3n) is 4.50. The molecule has 0 aliphatic heterocycles. The summed E-state index contributed by atoms with van der Waals surface area (Å²) in [4.78, 5) is 11.7. The number of ether oxygens (including phenoxy) is 1. The first kappa shape index (κ1) is 22.8. The van der Waals surface area contributed by atoms with Gasteiger partial charge in [0.05, 0.1) is 22.9 Å². The SMILES string of the molecule is COc1cccc(-n2c(S[C@@H](C)C(N)=O)nnc2-c2cccc(S(=O)(=O)N(C)C)c2)c1. The third kappa shape index (κ3) is 4.73. The van der Waals surface area contributed by atoms with Gasteiger partial charge in [-0.2, -0.15) is 0 Å². The van der Waals surface area contributed by atoms with E-state index in [1.807, 2.05) is 12.1 Å². The molecule has 0 aliphatic carbocycles. The summed E-state index contributed by atoms with van der Waals surface area (Å²) in [5, 5.41) is 8.43. The predicted molar refractivity (Wildman–Crippen MR) is 119 cm³/mol. The summed E-state index contributed by atoms with van der Waals surface area (Å²) >= 11 is 1.16. The minimum absolute atomic E-state index is 0.134. The van der Waals surface area contributed by atoms with E-state index < -0.39 is 21.2 Å². The zero-order chi connectivity index (χ0) is 22.8.